The van der Waals surface area contributed by atoms with Crippen LogP contribution in [0, 0.1) is 12.8 Å². The van der Waals surface area contributed by atoms with E-state index in [1.165, 1.54) is 31.2 Å². The van der Waals surface area contributed by atoms with E-state index in [1.807, 2.05) is 73.7 Å². The van der Waals surface area contributed by atoms with Crippen LogP contribution >= 0.6 is 0 Å². The fourth-order valence-electron chi connectivity index (χ4n) is 5.76. The molecule has 1 saturated carbocycles. The van der Waals surface area contributed by atoms with Crippen molar-refractivity contribution < 1.29 is 14.3 Å². The number of aryl methyl sites for hydroxylation is 1. The summed E-state index contributed by atoms with van der Waals surface area (Å²) in [4.78, 5) is 40.2. The molecule has 4 aromatic rings. The van der Waals surface area contributed by atoms with Gasteiger partial charge in [0.25, 0.3) is 11.5 Å². The van der Waals surface area contributed by atoms with Crippen LogP contribution in [-0.4, -0.2) is 30.0 Å². The molecule has 3 aromatic carbocycles. The molecule has 218 valence electrons. The van der Waals surface area contributed by atoms with Crippen molar-refractivity contribution in [3.63, 3.8) is 0 Å². The number of carbonyl (C=O) groups is 2. The lowest BCUT2D eigenvalue weighted by molar-refractivity contribution is -0.116. The highest BCUT2D eigenvalue weighted by Crippen LogP contribution is 2.29. The Kier molecular flexibility index (Phi) is 9.37. The van der Waals surface area contributed by atoms with Crippen molar-refractivity contribution in [2.75, 3.05) is 19.0 Å². The molecule has 0 unspecified atom stereocenters. The van der Waals surface area contributed by atoms with Crippen molar-refractivity contribution in [2.24, 2.45) is 5.92 Å². The fraction of sp³-hybridized carbons (Fsp3) is 0.343. The lowest BCUT2D eigenvalue weighted by Crippen LogP contribution is -2.34. The Morgan fingerprint density at radius 3 is 2.38 bits per heavy atom. The summed E-state index contributed by atoms with van der Waals surface area (Å²) in [5.74, 6) is 0.861. The van der Waals surface area contributed by atoms with E-state index in [9.17, 15) is 14.4 Å². The highest BCUT2D eigenvalue weighted by Gasteiger charge is 2.20. The molecule has 1 aliphatic carbocycles. The SMILES string of the molecule is COc1ccc(Cn2c(=O)c(C(=O)NCCc3ccc(C)cc3)cc3c(NC(=O)CCC4CCCC4)cccc32)cc1. The summed E-state index contributed by atoms with van der Waals surface area (Å²) in [7, 11) is 1.61. The van der Waals surface area contributed by atoms with Gasteiger partial charge in [0.1, 0.15) is 11.3 Å². The van der Waals surface area contributed by atoms with Crippen molar-refractivity contribution in [2.45, 2.75) is 58.4 Å². The standard InChI is InChI=1S/C35H39N3O4/c1-24-10-12-26(13-11-24)20-21-36-34(40)30-22-29-31(37-33(39)19-16-25-6-3-4-7-25)8-5-9-32(29)38(35(30)41)23-27-14-17-28(42-2)18-15-27/h5,8-15,17-18,22,25H,3-4,6-7,16,19-21,23H2,1-2H3,(H,36,40)(H,37,39). The van der Waals surface area contributed by atoms with E-state index >= 15 is 0 Å². The van der Waals surface area contributed by atoms with Gasteiger partial charge in [0.05, 0.1) is 24.9 Å². The normalized spacial score (nSPS) is 13.3. The van der Waals surface area contributed by atoms with Gasteiger partial charge in [0, 0.05) is 18.4 Å². The zero-order valence-corrected chi connectivity index (χ0v) is 24.4. The number of carbonyl (C=O) groups excluding carboxylic acids is 2. The third-order valence-electron chi connectivity index (χ3n) is 8.23. The summed E-state index contributed by atoms with van der Waals surface area (Å²) < 4.78 is 6.89. The summed E-state index contributed by atoms with van der Waals surface area (Å²) in [6.45, 7) is 2.70. The van der Waals surface area contributed by atoms with Gasteiger partial charge in [-0.2, -0.15) is 0 Å². The van der Waals surface area contributed by atoms with Crippen molar-refractivity contribution in [3.8, 4) is 5.75 Å². The number of hydrogen-bond acceptors (Lipinski definition) is 4. The molecule has 2 N–H and O–H groups in total. The molecule has 5 rings (SSSR count). The second-order valence-corrected chi connectivity index (χ2v) is 11.3. The summed E-state index contributed by atoms with van der Waals surface area (Å²) in [5, 5.41) is 6.65. The Morgan fingerprint density at radius 1 is 0.952 bits per heavy atom. The van der Waals surface area contributed by atoms with E-state index in [1.54, 1.807) is 17.7 Å². The number of pyridine rings is 1. The maximum Gasteiger partial charge on any atom is 0.264 e. The van der Waals surface area contributed by atoms with Gasteiger partial charge < -0.3 is 19.9 Å². The van der Waals surface area contributed by atoms with Gasteiger partial charge in [0.15, 0.2) is 0 Å². The first-order chi connectivity index (χ1) is 20.4. The molecule has 1 heterocycles. The van der Waals surface area contributed by atoms with Crippen LogP contribution in [0.2, 0.25) is 0 Å². The fourth-order valence-corrected chi connectivity index (χ4v) is 5.76. The second-order valence-electron chi connectivity index (χ2n) is 11.3. The third kappa shape index (κ3) is 7.08. The van der Waals surface area contributed by atoms with Crippen LogP contribution in [-0.2, 0) is 17.8 Å². The molecule has 1 aromatic heterocycles. The first-order valence-electron chi connectivity index (χ1n) is 14.8. The molecular weight excluding hydrogens is 526 g/mol. The number of benzene rings is 3. The van der Waals surface area contributed by atoms with Crippen LogP contribution in [0.4, 0.5) is 5.69 Å². The van der Waals surface area contributed by atoms with E-state index in [0.717, 1.165) is 23.3 Å². The number of anilines is 1. The average Bonchev–Trinajstić information content (AvgIpc) is 3.53. The van der Waals surface area contributed by atoms with Crippen LogP contribution in [0.25, 0.3) is 10.9 Å². The van der Waals surface area contributed by atoms with Crippen LogP contribution in [0.3, 0.4) is 0 Å². The lowest BCUT2D eigenvalue weighted by Gasteiger charge is -2.17. The van der Waals surface area contributed by atoms with E-state index in [0.29, 0.717) is 41.9 Å². The van der Waals surface area contributed by atoms with Gasteiger partial charge in [-0.1, -0.05) is 73.7 Å². The molecule has 0 saturated heterocycles. The molecule has 0 bridgehead atoms. The first-order valence-corrected chi connectivity index (χ1v) is 14.8. The summed E-state index contributed by atoms with van der Waals surface area (Å²) in [5.41, 5.74) is 4.10. The number of methoxy groups -OCH3 is 1. The van der Waals surface area contributed by atoms with E-state index < -0.39 is 5.91 Å². The monoisotopic (exact) mass is 565 g/mol. The molecule has 1 aliphatic rings. The predicted octanol–water partition coefficient (Wildman–Crippen LogP) is 6.25. The van der Waals surface area contributed by atoms with Gasteiger partial charge >= 0.3 is 0 Å². The van der Waals surface area contributed by atoms with Crippen molar-refractivity contribution in [1.29, 1.82) is 0 Å². The molecule has 2 amide bonds. The van der Waals surface area contributed by atoms with Crippen LogP contribution in [0.5, 0.6) is 5.75 Å². The van der Waals surface area contributed by atoms with E-state index in [-0.39, 0.29) is 23.6 Å². The Bertz CT molecular complexity index is 1600. The van der Waals surface area contributed by atoms with Crippen LogP contribution in [0.1, 0.15) is 65.6 Å². The number of aromatic nitrogens is 1. The predicted molar refractivity (Wildman–Crippen MR) is 167 cm³/mol. The topological polar surface area (TPSA) is 89.4 Å². The number of nitrogens with one attached hydrogen (secondary N) is 2. The van der Waals surface area contributed by atoms with Crippen LogP contribution in [0.15, 0.2) is 77.6 Å². The Hall–Kier alpha value is -4.39. The first kappa shape index (κ1) is 29.1. The molecule has 7 nitrogen and oxygen atoms in total. The van der Waals surface area contributed by atoms with Crippen molar-refractivity contribution in [1.82, 2.24) is 9.88 Å². The molecule has 1 fully saturated rings. The maximum atomic E-state index is 13.8. The second kappa shape index (κ2) is 13.5. The number of amides is 2. The van der Waals surface area contributed by atoms with Crippen molar-refractivity contribution >= 4 is 28.4 Å². The third-order valence-corrected chi connectivity index (χ3v) is 8.23. The summed E-state index contributed by atoms with van der Waals surface area (Å²) >= 11 is 0. The van der Waals surface area contributed by atoms with Gasteiger partial charge in [-0.15, -0.1) is 0 Å². The number of nitrogens with zero attached hydrogens (tertiary/aromatic N) is 1. The Labute approximate surface area is 246 Å². The minimum Gasteiger partial charge on any atom is -0.497 e. The number of fused-ring (bicyclic) bond motifs is 1. The Balaban J connectivity index is 1.44. The molecular formula is C35H39N3O4. The quantitative estimate of drug-likeness (QED) is 0.225. The smallest absolute Gasteiger partial charge is 0.264 e. The molecule has 0 atom stereocenters. The van der Waals surface area contributed by atoms with Gasteiger partial charge in [-0.25, -0.2) is 0 Å². The van der Waals surface area contributed by atoms with Gasteiger partial charge in [-0.3, -0.25) is 14.4 Å². The minimum absolute atomic E-state index is 0.0487. The van der Waals surface area contributed by atoms with Gasteiger partial charge in [-0.05, 0) is 67.1 Å². The average molecular weight is 566 g/mol. The number of ether oxygens (including phenoxy) is 1. The minimum atomic E-state index is -0.431. The number of rotatable bonds is 11. The van der Waals surface area contributed by atoms with Crippen molar-refractivity contribution in [3.05, 3.63) is 105 Å². The maximum absolute atomic E-state index is 13.8. The molecule has 0 spiro atoms. The number of hydrogen-bond donors (Lipinski definition) is 2. The Morgan fingerprint density at radius 2 is 1.67 bits per heavy atom. The zero-order chi connectivity index (χ0) is 29.5. The highest BCUT2D eigenvalue weighted by atomic mass is 16.5. The van der Waals surface area contributed by atoms with E-state index in [4.69, 9.17) is 4.74 Å². The van der Waals surface area contributed by atoms with Gasteiger partial charge in [0.2, 0.25) is 5.91 Å². The largest absolute Gasteiger partial charge is 0.497 e. The molecule has 7 heteroatoms. The summed E-state index contributed by atoms with van der Waals surface area (Å²) in [6, 6.07) is 22.8. The lowest BCUT2D eigenvalue weighted by atomic mass is 10.0. The van der Waals surface area contributed by atoms with Crippen LogP contribution < -0.4 is 20.9 Å². The highest BCUT2D eigenvalue weighted by molar-refractivity contribution is 6.04. The zero-order valence-electron chi connectivity index (χ0n) is 24.4. The molecule has 0 aliphatic heterocycles. The summed E-state index contributed by atoms with van der Waals surface area (Å²) in [6.07, 6.45) is 6.88. The van der Waals surface area contributed by atoms with E-state index in [2.05, 4.69) is 10.6 Å². The molecule has 42 heavy (non-hydrogen) atoms. The molecule has 0 radical (unpaired) electrons.